The molecule has 4 fully saturated rings. The molecule has 3 amide bonds. The summed E-state index contributed by atoms with van der Waals surface area (Å²) in [6, 6.07) is 0. The van der Waals surface area contributed by atoms with Crippen molar-refractivity contribution < 1.29 is 19.1 Å². The first kappa shape index (κ1) is 20.0. The highest BCUT2D eigenvalue weighted by molar-refractivity contribution is 5.88. The maximum Gasteiger partial charge on any atom is 0.410 e. The van der Waals surface area contributed by atoms with Crippen LogP contribution >= 0.6 is 0 Å². The second-order valence-corrected chi connectivity index (χ2v) is 11.0. The normalized spacial score (nSPS) is 29.8. The van der Waals surface area contributed by atoms with Crippen LogP contribution in [0.4, 0.5) is 4.79 Å². The van der Waals surface area contributed by atoms with Gasteiger partial charge in [-0.3, -0.25) is 20.4 Å². The number of hydrogen-bond donors (Lipinski definition) is 2. The lowest BCUT2D eigenvalue weighted by Gasteiger charge is -2.74. The molecule has 7 heteroatoms. The minimum absolute atomic E-state index is 0.0741. The Bertz CT molecular complexity index is 633. The third-order valence-corrected chi connectivity index (χ3v) is 5.96. The smallest absolute Gasteiger partial charge is 0.410 e. The van der Waals surface area contributed by atoms with Crippen molar-refractivity contribution in [2.45, 2.75) is 72.8 Å². The van der Waals surface area contributed by atoms with Crippen LogP contribution in [0.5, 0.6) is 0 Å². The molecule has 0 radical (unpaired) electrons. The van der Waals surface area contributed by atoms with Gasteiger partial charge < -0.3 is 9.64 Å². The van der Waals surface area contributed by atoms with Gasteiger partial charge in [-0.2, -0.15) is 0 Å². The van der Waals surface area contributed by atoms with Gasteiger partial charge in [-0.25, -0.2) is 4.79 Å². The van der Waals surface area contributed by atoms with Crippen molar-refractivity contribution in [3.8, 4) is 0 Å². The molecule has 2 bridgehead atoms. The first-order valence-electron chi connectivity index (χ1n) is 9.81. The van der Waals surface area contributed by atoms with E-state index >= 15 is 0 Å². The van der Waals surface area contributed by atoms with Crippen molar-refractivity contribution >= 4 is 17.9 Å². The third kappa shape index (κ3) is 3.92. The van der Waals surface area contributed by atoms with E-state index < -0.39 is 5.60 Å². The van der Waals surface area contributed by atoms with E-state index in [2.05, 4.69) is 10.9 Å². The van der Waals surface area contributed by atoms with E-state index in [1.807, 2.05) is 41.5 Å². The molecule has 0 spiro atoms. The molecule has 4 rings (SSSR count). The van der Waals surface area contributed by atoms with Crippen LogP contribution in [-0.4, -0.2) is 41.5 Å². The Morgan fingerprint density at radius 2 is 1.56 bits per heavy atom. The SMILES string of the molecule is CC(C)(C)CC(=O)NNC(=O)C12CC(C3CN(C(=O)OC(C)(C)C)C3)(C1)C2. The Morgan fingerprint density at radius 1 is 1.00 bits per heavy atom. The highest BCUT2D eigenvalue weighted by Crippen LogP contribution is 2.77. The molecule has 0 aromatic carbocycles. The second-order valence-electron chi connectivity index (χ2n) is 11.0. The number of carbonyl (C=O) groups is 3. The van der Waals surface area contributed by atoms with Crippen LogP contribution in [0.25, 0.3) is 0 Å². The van der Waals surface area contributed by atoms with Gasteiger partial charge in [0, 0.05) is 25.4 Å². The number of ether oxygens (including phenoxy) is 1. The maximum absolute atomic E-state index is 12.4. The summed E-state index contributed by atoms with van der Waals surface area (Å²) < 4.78 is 5.40. The molecular formula is C20H33N3O4. The van der Waals surface area contributed by atoms with Crippen molar-refractivity contribution in [1.29, 1.82) is 0 Å². The monoisotopic (exact) mass is 379 g/mol. The molecule has 7 nitrogen and oxygen atoms in total. The highest BCUT2D eigenvalue weighted by atomic mass is 16.6. The first-order chi connectivity index (χ1) is 12.2. The molecule has 27 heavy (non-hydrogen) atoms. The second kappa shape index (κ2) is 6.11. The molecule has 2 N–H and O–H groups in total. The lowest BCUT2D eigenvalue weighted by molar-refractivity contribution is -0.247. The van der Waals surface area contributed by atoms with E-state index in [1.165, 1.54) is 0 Å². The molecule has 0 aromatic rings. The van der Waals surface area contributed by atoms with E-state index in [-0.39, 0.29) is 34.2 Å². The topological polar surface area (TPSA) is 87.7 Å². The number of nitrogens with one attached hydrogen (secondary N) is 2. The van der Waals surface area contributed by atoms with Gasteiger partial charge in [0.2, 0.25) is 11.8 Å². The lowest BCUT2D eigenvalue weighted by Crippen LogP contribution is -2.75. The van der Waals surface area contributed by atoms with Crippen molar-refractivity contribution in [2.75, 3.05) is 13.1 Å². The molecule has 3 saturated carbocycles. The van der Waals surface area contributed by atoms with Gasteiger partial charge in [-0.15, -0.1) is 0 Å². The van der Waals surface area contributed by atoms with E-state index in [0.717, 1.165) is 32.4 Å². The Kier molecular flexibility index (Phi) is 4.51. The van der Waals surface area contributed by atoms with Gasteiger partial charge >= 0.3 is 6.09 Å². The van der Waals surface area contributed by atoms with Crippen LogP contribution in [0.2, 0.25) is 0 Å². The Morgan fingerprint density at radius 3 is 2.04 bits per heavy atom. The number of amides is 3. The number of hydrazine groups is 1. The first-order valence-corrected chi connectivity index (χ1v) is 9.81. The van der Waals surface area contributed by atoms with Crippen molar-refractivity contribution in [1.82, 2.24) is 15.8 Å². The standard InChI is InChI=1S/C20H33N3O4/c1-17(2,3)7-14(24)21-22-15(25)20-10-19(11-20,12-20)13-8-23(9-13)16(26)27-18(4,5)6/h13H,7-12H2,1-6H3,(H,21,24)(H,22,25). The Balaban J connectivity index is 1.39. The van der Waals surface area contributed by atoms with Gasteiger partial charge in [-0.05, 0) is 50.9 Å². The summed E-state index contributed by atoms with van der Waals surface area (Å²) in [6.45, 7) is 13.0. The predicted molar refractivity (Wildman–Crippen MR) is 100 cm³/mol. The highest BCUT2D eigenvalue weighted by Gasteiger charge is 2.74. The molecule has 4 aliphatic rings. The minimum Gasteiger partial charge on any atom is -0.444 e. The minimum atomic E-state index is -0.474. The summed E-state index contributed by atoms with van der Waals surface area (Å²) in [5.41, 5.74) is 4.45. The lowest BCUT2D eigenvalue weighted by atomic mass is 9.31. The van der Waals surface area contributed by atoms with Gasteiger partial charge in [0.25, 0.3) is 0 Å². The number of carbonyl (C=O) groups excluding carboxylic acids is 3. The van der Waals surface area contributed by atoms with Crippen LogP contribution in [0, 0.1) is 22.2 Å². The zero-order valence-electron chi connectivity index (χ0n) is 17.4. The van der Waals surface area contributed by atoms with Crippen molar-refractivity contribution in [3.63, 3.8) is 0 Å². The van der Waals surface area contributed by atoms with E-state index in [9.17, 15) is 14.4 Å². The molecule has 0 aromatic heterocycles. The summed E-state index contributed by atoms with van der Waals surface area (Å²) in [6.07, 6.45) is 2.68. The van der Waals surface area contributed by atoms with Crippen molar-refractivity contribution in [3.05, 3.63) is 0 Å². The number of nitrogens with zero attached hydrogens (tertiary/aromatic N) is 1. The molecule has 3 aliphatic carbocycles. The summed E-state index contributed by atoms with van der Waals surface area (Å²) in [4.78, 5) is 38.1. The average molecular weight is 380 g/mol. The van der Waals surface area contributed by atoms with E-state index in [1.54, 1.807) is 4.90 Å². The van der Waals surface area contributed by atoms with Gasteiger partial charge in [0.1, 0.15) is 5.60 Å². The van der Waals surface area contributed by atoms with Crippen LogP contribution in [0.1, 0.15) is 67.2 Å². The summed E-state index contributed by atoms with van der Waals surface area (Å²) in [5.74, 6) is 0.217. The largest absolute Gasteiger partial charge is 0.444 e. The van der Waals surface area contributed by atoms with Gasteiger partial charge in [-0.1, -0.05) is 20.8 Å². The van der Waals surface area contributed by atoms with Crippen LogP contribution in [0.15, 0.2) is 0 Å². The van der Waals surface area contributed by atoms with Gasteiger partial charge in [0.05, 0.1) is 5.41 Å². The molecular weight excluding hydrogens is 346 g/mol. The molecule has 152 valence electrons. The summed E-state index contributed by atoms with van der Waals surface area (Å²) in [5, 5.41) is 0. The van der Waals surface area contributed by atoms with Crippen LogP contribution in [0.3, 0.4) is 0 Å². The van der Waals surface area contributed by atoms with E-state index in [4.69, 9.17) is 4.74 Å². The Labute approximate surface area is 161 Å². The number of likely N-dealkylation sites (tertiary alicyclic amines) is 1. The quantitative estimate of drug-likeness (QED) is 0.738. The van der Waals surface area contributed by atoms with E-state index in [0.29, 0.717) is 12.3 Å². The van der Waals surface area contributed by atoms with Crippen LogP contribution in [-0.2, 0) is 14.3 Å². The van der Waals surface area contributed by atoms with Crippen molar-refractivity contribution in [2.24, 2.45) is 22.2 Å². The number of hydrogen-bond acceptors (Lipinski definition) is 4. The molecule has 1 heterocycles. The zero-order chi connectivity index (χ0) is 20.3. The average Bonchev–Trinajstić information content (AvgIpc) is 2.31. The summed E-state index contributed by atoms with van der Waals surface area (Å²) >= 11 is 0. The van der Waals surface area contributed by atoms with Gasteiger partial charge in [0.15, 0.2) is 0 Å². The maximum atomic E-state index is 12.4. The fourth-order valence-electron chi connectivity index (χ4n) is 4.67. The third-order valence-electron chi connectivity index (χ3n) is 5.96. The fourth-order valence-corrected chi connectivity index (χ4v) is 4.67. The molecule has 0 unspecified atom stereocenters. The molecule has 0 atom stereocenters. The zero-order valence-corrected chi connectivity index (χ0v) is 17.4. The molecule has 1 aliphatic heterocycles. The fraction of sp³-hybridized carbons (Fsp3) is 0.850. The number of rotatable bonds is 3. The predicted octanol–water partition coefficient (Wildman–Crippen LogP) is 2.61. The summed E-state index contributed by atoms with van der Waals surface area (Å²) in [7, 11) is 0. The molecule has 1 saturated heterocycles. The van der Waals surface area contributed by atoms with Crippen LogP contribution < -0.4 is 10.9 Å². The Hall–Kier alpha value is -1.79.